The van der Waals surface area contributed by atoms with E-state index < -0.39 is 20.0 Å². The molecule has 0 spiro atoms. The lowest BCUT2D eigenvalue weighted by Crippen LogP contribution is -2.24. The second-order valence-corrected chi connectivity index (χ2v) is 9.23. The Morgan fingerprint density at radius 1 is 1.00 bits per heavy atom. The molecule has 1 saturated heterocycles. The number of hydrogen-bond donors (Lipinski definition) is 1. The van der Waals surface area contributed by atoms with Crippen molar-refractivity contribution in [1.82, 2.24) is 0 Å². The summed E-state index contributed by atoms with van der Waals surface area (Å²) < 4.78 is 51.8. The van der Waals surface area contributed by atoms with Gasteiger partial charge in [0.1, 0.15) is 0 Å². The third kappa shape index (κ3) is 4.40. The summed E-state index contributed by atoms with van der Waals surface area (Å²) in [6.45, 7) is 0.452. The van der Waals surface area contributed by atoms with Gasteiger partial charge in [-0.3, -0.25) is 9.03 Å². The number of anilines is 2. The molecule has 132 valence electrons. The zero-order valence-corrected chi connectivity index (χ0v) is 15.0. The van der Waals surface area contributed by atoms with E-state index in [0.717, 1.165) is 11.0 Å². The molecule has 0 unspecified atom stereocenters. The smallest absolute Gasteiger partial charge is 0.255 e. The molecule has 8 heteroatoms. The van der Waals surface area contributed by atoms with Crippen molar-refractivity contribution in [1.29, 1.82) is 0 Å². The summed E-state index contributed by atoms with van der Waals surface area (Å²) in [5.74, 6) is 0.145. The molecule has 0 saturated carbocycles. The molecule has 0 bridgehead atoms. The lowest BCUT2D eigenvalue weighted by atomic mass is 10.2. The molecule has 1 N–H and O–H groups in total. The van der Waals surface area contributed by atoms with Gasteiger partial charge in [-0.25, -0.2) is 16.8 Å². The molecule has 25 heavy (non-hydrogen) atoms. The largest absolute Gasteiger partial charge is 0.280 e. The summed E-state index contributed by atoms with van der Waals surface area (Å²) in [5.41, 5.74) is 1.70. The molecule has 0 atom stereocenters. The molecule has 6 nitrogen and oxygen atoms in total. The van der Waals surface area contributed by atoms with Crippen LogP contribution in [-0.4, -0.2) is 29.1 Å². The van der Waals surface area contributed by atoms with E-state index in [1.54, 1.807) is 36.4 Å². The van der Waals surface area contributed by atoms with Gasteiger partial charge in [-0.2, -0.15) is 0 Å². The monoisotopic (exact) mass is 378 g/mol. The van der Waals surface area contributed by atoms with E-state index in [9.17, 15) is 16.8 Å². The normalized spacial score (nSPS) is 17.0. The standard InChI is InChI=1S/C17H18N2O4S2/c20-24(21,14-11-15-5-2-1-3-6-15)18-16-7-9-17(10-8-16)19-12-4-13-25(19,22)23/h1-3,5-11,14,18H,4,12-13H2/b14-11+. The summed E-state index contributed by atoms with van der Waals surface area (Å²) in [4.78, 5) is 0. The van der Waals surface area contributed by atoms with E-state index in [2.05, 4.69) is 4.72 Å². The van der Waals surface area contributed by atoms with E-state index in [-0.39, 0.29) is 5.75 Å². The van der Waals surface area contributed by atoms with Crippen LogP contribution in [0.15, 0.2) is 60.0 Å². The number of nitrogens with zero attached hydrogens (tertiary/aromatic N) is 1. The predicted octanol–water partition coefficient (Wildman–Crippen LogP) is 2.64. The highest BCUT2D eigenvalue weighted by Crippen LogP contribution is 2.25. The van der Waals surface area contributed by atoms with Crippen molar-refractivity contribution in [3.63, 3.8) is 0 Å². The van der Waals surface area contributed by atoms with Crippen LogP contribution in [-0.2, 0) is 20.0 Å². The quantitative estimate of drug-likeness (QED) is 0.867. The fraction of sp³-hybridized carbons (Fsp3) is 0.176. The zero-order chi connectivity index (χ0) is 17.9. The fourth-order valence-corrected chi connectivity index (χ4v) is 4.99. The minimum Gasteiger partial charge on any atom is -0.280 e. The minimum atomic E-state index is -3.65. The van der Waals surface area contributed by atoms with Crippen molar-refractivity contribution in [3.05, 3.63) is 65.6 Å². The molecule has 0 radical (unpaired) electrons. The van der Waals surface area contributed by atoms with Crippen molar-refractivity contribution in [2.24, 2.45) is 0 Å². The molecule has 2 aromatic rings. The van der Waals surface area contributed by atoms with E-state index in [4.69, 9.17) is 0 Å². The second-order valence-electron chi connectivity index (χ2n) is 5.65. The van der Waals surface area contributed by atoms with Crippen molar-refractivity contribution < 1.29 is 16.8 Å². The van der Waals surface area contributed by atoms with Crippen LogP contribution in [0.3, 0.4) is 0 Å². The predicted molar refractivity (Wildman–Crippen MR) is 100 cm³/mol. The summed E-state index contributed by atoms with van der Waals surface area (Å²) in [7, 11) is -6.89. The number of benzene rings is 2. The second kappa shape index (κ2) is 6.89. The number of hydrogen-bond acceptors (Lipinski definition) is 4. The first-order valence-corrected chi connectivity index (χ1v) is 10.9. The summed E-state index contributed by atoms with van der Waals surface area (Å²) in [6, 6.07) is 15.4. The van der Waals surface area contributed by atoms with Crippen LogP contribution < -0.4 is 9.03 Å². The molecular weight excluding hydrogens is 360 g/mol. The van der Waals surface area contributed by atoms with Crippen LogP contribution >= 0.6 is 0 Å². The van der Waals surface area contributed by atoms with Crippen LogP contribution in [0.5, 0.6) is 0 Å². The first kappa shape index (κ1) is 17.5. The highest BCUT2D eigenvalue weighted by Gasteiger charge is 2.28. The van der Waals surface area contributed by atoms with Gasteiger partial charge in [-0.05, 0) is 42.3 Å². The lowest BCUT2D eigenvalue weighted by Gasteiger charge is -2.17. The highest BCUT2D eigenvalue weighted by atomic mass is 32.2. The maximum absolute atomic E-state index is 12.1. The lowest BCUT2D eigenvalue weighted by molar-refractivity contribution is 0.599. The average molecular weight is 378 g/mol. The molecule has 1 heterocycles. The minimum absolute atomic E-state index is 0.145. The van der Waals surface area contributed by atoms with Crippen LogP contribution in [0.4, 0.5) is 11.4 Å². The van der Waals surface area contributed by atoms with Crippen molar-refractivity contribution in [2.45, 2.75) is 6.42 Å². The molecule has 1 aliphatic rings. The Morgan fingerprint density at radius 3 is 2.28 bits per heavy atom. The Balaban J connectivity index is 1.72. The average Bonchev–Trinajstić information content (AvgIpc) is 2.94. The third-order valence-corrected chi connectivity index (χ3v) is 6.64. The van der Waals surface area contributed by atoms with E-state index >= 15 is 0 Å². The van der Waals surface area contributed by atoms with Gasteiger partial charge in [0.2, 0.25) is 10.0 Å². The number of rotatable bonds is 5. The first-order valence-electron chi connectivity index (χ1n) is 7.72. The van der Waals surface area contributed by atoms with E-state index in [1.807, 2.05) is 18.2 Å². The van der Waals surface area contributed by atoms with Gasteiger partial charge < -0.3 is 0 Å². The van der Waals surface area contributed by atoms with E-state index in [0.29, 0.717) is 24.3 Å². The van der Waals surface area contributed by atoms with Crippen molar-refractivity contribution in [3.8, 4) is 0 Å². The molecule has 0 aliphatic carbocycles. The Morgan fingerprint density at radius 2 is 1.68 bits per heavy atom. The number of sulfonamides is 2. The molecule has 1 fully saturated rings. The van der Waals surface area contributed by atoms with Crippen LogP contribution in [0, 0.1) is 0 Å². The molecule has 2 aromatic carbocycles. The van der Waals surface area contributed by atoms with Crippen molar-refractivity contribution in [2.75, 3.05) is 21.3 Å². The number of nitrogens with one attached hydrogen (secondary N) is 1. The Kier molecular flexibility index (Phi) is 4.82. The summed E-state index contributed by atoms with van der Waals surface area (Å²) in [5, 5.41) is 1.10. The van der Waals surface area contributed by atoms with Crippen LogP contribution in [0.25, 0.3) is 6.08 Å². The van der Waals surface area contributed by atoms with Crippen molar-refractivity contribution >= 4 is 37.5 Å². The van der Waals surface area contributed by atoms with Gasteiger partial charge in [0.25, 0.3) is 10.0 Å². The summed E-state index contributed by atoms with van der Waals surface area (Å²) >= 11 is 0. The Bertz CT molecular complexity index is 967. The van der Waals surface area contributed by atoms with Crippen LogP contribution in [0.2, 0.25) is 0 Å². The molecule has 3 rings (SSSR count). The van der Waals surface area contributed by atoms with Gasteiger partial charge in [0.05, 0.1) is 16.8 Å². The maximum atomic E-state index is 12.1. The van der Waals surface area contributed by atoms with Gasteiger partial charge in [-0.1, -0.05) is 30.3 Å². The Labute approximate surface area is 147 Å². The first-order chi connectivity index (χ1) is 11.9. The van der Waals surface area contributed by atoms with Crippen LogP contribution in [0.1, 0.15) is 12.0 Å². The zero-order valence-electron chi connectivity index (χ0n) is 13.4. The topological polar surface area (TPSA) is 83.6 Å². The maximum Gasteiger partial charge on any atom is 0.255 e. The molecular formula is C17H18N2O4S2. The fourth-order valence-electron chi connectivity index (χ4n) is 2.56. The molecule has 0 amide bonds. The van der Waals surface area contributed by atoms with Gasteiger partial charge in [0, 0.05) is 12.2 Å². The van der Waals surface area contributed by atoms with Gasteiger partial charge in [0.15, 0.2) is 0 Å². The van der Waals surface area contributed by atoms with E-state index in [1.165, 1.54) is 10.4 Å². The third-order valence-electron chi connectivity index (χ3n) is 3.75. The van der Waals surface area contributed by atoms with Gasteiger partial charge in [-0.15, -0.1) is 0 Å². The molecule has 1 aliphatic heterocycles. The summed E-state index contributed by atoms with van der Waals surface area (Å²) in [6.07, 6.45) is 2.11. The molecule has 0 aromatic heterocycles. The van der Waals surface area contributed by atoms with Gasteiger partial charge >= 0.3 is 0 Å². The SMILES string of the molecule is O=S(=O)(/C=C/c1ccccc1)Nc1ccc(N2CCCS2(=O)=O)cc1. The highest BCUT2D eigenvalue weighted by molar-refractivity contribution is 7.95. The Hall–Kier alpha value is -2.32.